The molecule has 8 heteroatoms. The van der Waals surface area contributed by atoms with E-state index in [0.29, 0.717) is 26.2 Å². The van der Waals surface area contributed by atoms with E-state index in [-0.39, 0.29) is 17.2 Å². The molecule has 0 bridgehead atoms. The minimum atomic E-state index is -0.332. The Morgan fingerprint density at radius 3 is 2.48 bits per heavy atom. The molecule has 0 aliphatic carbocycles. The zero-order valence-corrected chi connectivity index (χ0v) is 14.6. The van der Waals surface area contributed by atoms with Crippen LogP contribution in [0.2, 0.25) is 0 Å². The van der Waals surface area contributed by atoms with Gasteiger partial charge >= 0.3 is 0 Å². The summed E-state index contributed by atoms with van der Waals surface area (Å²) >= 11 is 0. The molecule has 2 aromatic heterocycles. The summed E-state index contributed by atoms with van der Waals surface area (Å²) in [5.41, 5.74) is 1.74. The number of benzene rings is 1. The maximum atomic E-state index is 12.5. The molecule has 136 valence electrons. The molecule has 0 spiro atoms. The Morgan fingerprint density at radius 2 is 1.74 bits per heavy atom. The van der Waals surface area contributed by atoms with E-state index in [2.05, 4.69) is 24.8 Å². The Hall–Kier alpha value is -3.55. The lowest BCUT2D eigenvalue weighted by molar-refractivity contribution is 0.0740. The normalized spacial score (nSPS) is 14.2. The predicted molar refractivity (Wildman–Crippen MR) is 100 cm³/mol. The molecule has 3 aromatic rings. The third-order valence-corrected chi connectivity index (χ3v) is 4.51. The molecule has 27 heavy (non-hydrogen) atoms. The number of nitrogens with one attached hydrogen (secondary N) is 1. The van der Waals surface area contributed by atoms with E-state index < -0.39 is 0 Å². The standard InChI is InChI=1S/C19H18N6O2/c26-18-11-16(21-13-23-18)19(27)25-8-6-24(7-9-25)17-10-15(20-12-22-17)14-4-2-1-3-5-14/h1-5,10-13H,6-9H2,(H,21,23,26). The molecular weight excluding hydrogens is 344 g/mol. The minimum absolute atomic E-state index is 0.167. The number of rotatable bonds is 3. The number of hydrogen-bond donors (Lipinski definition) is 1. The van der Waals surface area contributed by atoms with Crippen molar-refractivity contribution in [3.05, 3.63) is 71.2 Å². The molecule has 8 nitrogen and oxygen atoms in total. The SMILES string of the molecule is O=C(c1cc(=O)[nH]cn1)N1CCN(c2cc(-c3ccccc3)ncn2)CC1. The predicted octanol–water partition coefficient (Wildman–Crippen LogP) is 1.19. The Morgan fingerprint density at radius 1 is 0.963 bits per heavy atom. The summed E-state index contributed by atoms with van der Waals surface area (Å²) in [5, 5.41) is 0. The topological polar surface area (TPSA) is 95.1 Å². The summed E-state index contributed by atoms with van der Waals surface area (Å²) in [6, 6.07) is 13.1. The van der Waals surface area contributed by atoms with Gasteiger partial charge in [-0.2, -0.15) is 0 Å². The van der Waals surface area contributed by atoms with Crippen LogP contribution in [0.3, 0.4) is 0 Å². The van der Waals surface area contributed by atoms with Crippen molar-refractivity contribution in [2.24, 2.45) is 0 Å². The smallest absolute Gasteiger partial charge is 0.272 e. The molecule has 1 amide bonds. The first-order valence-electron chi connectivity index (χ1n) is 8.67. The fraction of sp³-hybridized carbons (Fsp3) is 0.211. The van der Waals surface area contributed by atoms with Gasteiger partial charge in [-0.1, -0.05) is 30.3 Å². The Balaban J connectivity index is 1.45. The Labute approximate surface area is 155 Å². The summed E-state index contributed by atoms with van der Waals surface area (Å²) in [6.07, 6.45) is 2.81. The zero-order valence-electron chi connectivity index (χ0n) is 14.6. The first kappa shape index (κ1) is 16.9. The van der Waals surface area contributed by atoms with Crippen LogP contribution in [0, 0.1) is 0 Å². The monoisotopic (exact) mass is 362 g/mol. The van der Waals surface area contributed by atoms with E-state index in [1.165, 1.54) is 12.4 Å². The second-order valence-electron chi connectivity index (χ2n) is 6.20. The highest BCUT2D eigenvalue weighted by Gasteiger charge is 2.24. The van der Waals surface area contributed by atoms with Crippen molar-refractivity contribution in [2.75, 3.05) is 31.1 Å². The molecular formula is C19H18N6O2. The van der Waals surface area contributed by atoms with Gasteiger partial charge in [-0.3, -0.25) is 9.59 Å². The first-order chi connectivity index (χ1) is 13.2. The van der Waals surface area contributed by atoms with Crippen LogP contribution in [0.15, 0.2) is 59.9 Å². The molecule has 4 rings (SSSR count). The van der Waals surface area contributed by atoms with Crippen molar-refractivity contribution in [1.82, 2.24) is 24.8 Å². The average molecular weight is 362 g/mol. The molecule has 1 aliphatic rings. The van der Waals surface area contributed by atoms with Crippen LogP contribution >= 0.6 is 0 Å². The second kappa shape index (κ2) is 7.36. The molecule has 1 fully saturated rings. The van der Waals surface area contributed by atoms with Gasteiger partial charge in [-0.15, -0.1) is 0 Å². The van der Waals surface area contributed by atoms with Gasteiger partial charge in [-0.25, -0.2) is 15.0 Å². The van der Waals surface area contributed by atoms with Crippen LogP contribution in [0.4, 0.5) is 5.82 Å². The van der Waals surface area contributed by atoms with Crippen molar-refractivity contribution < 1.29 is 4.79 Å². The number of carbonyl (C=O) groups is 1. The highest BCUT2D eigenvalue weighted by Crippen LogP contribution is 2.21. The minimum Gasteiger partial charge on any atom is -0.353 e. The molecule has 0 radical (unpaired) electrons. The summed E-state index contributed by atoms with van der Waals surface area (Å²) in [6.45, 7) is 2.39. The largest absolute Gasteiger partial charge is 0.353 e. The highest BCUT2D eigenvalue weighted by molar-refractivity contribution is 5.92. The first-order valence-corrected chi connectivity index (χ1v) is 8.67. The van der Waals surface area contributed by atoms with E-state index in [1.807, 2.05) is 36.4 Å². The number of nitrogens with zero attached hydrogens (tertiary/aromatic N) is 5. The number of anilines is 1. The number of aromatic nitrogens is 4. The number of carbonyl (C=O) groups excluding carboxylic acids is 1. The third kappa shape index (κ3) is 3.69. The molecule has 0 saturated carbocycles. The van der Waals surface area contributed by atoms with Crippen LogP contribution in [0.25, 0.3) is 11.3 Å². The van der Waals surface area contributed by atoms with Crippen molar-refractivity contribution in [1.29, 1.82) is 0 Å². The molecule has 0 unspecified atom stereocenters. The van der Waals surface area contributed by atoms with Gasteiger partial charge in [-0.05, 0) is 0 Å². The summed E-state index contributed by atoms with van der Waals surface area (Å²) in [7, 11) is 0. The zero-order chi connectivity index (χ0) is 18.6. The van der Waals surface area contributed by atoms with Crippen LogP contribution in [0.1, 0.15) is 10.5 Å². The molecule has 1 N–H and O–H groups in total. The molecule has 0 atom stereocenters. The fourth-order valence-electron chi connectivity index (χ4n) is 3.07. The highest BCUT2D eigenvalue weighted by atomic mass is 16.2. The maximum absolute atomic E-state index is 12.5. The molecule has 1 aliphatic heterocycles. The number of hydrogen-bond acceptors (Lipinski definition) is 6. The summed E-state index contributed by atoms with van der Waals surface area (Å²) in [4.78, 5) is 42.8. The van der Waals surface area contributed by atoms with E-state index in [1.54, 1.807) is 11.2 Å². The van der Waals surface area contributed by atoms with Crippen molar-refractivity contribution in [3.63, 3.8) is 0 Å². The van der Waals surface area contributed by atoms with Gasteiger partial charge in [0.1, 0.15) is 17.8 Å². The van der Waals surface area contributed by atoms with Crippen LogP contribution < -0.4 is 10.5 Å². The quantitative estimate of drug-likeness (QED) is 0.752. The Bertz CT molecular complexity index is 996. The Kier molecular flexibility index (Phi) is 4.61. The van der Waals surface area contributed by atoms with Crippen molar-refractivity contribution >= 4 is 11.7 Å². The van der Waals surface area contributed by atoms with Crippen LogP contribution in [0.5, 0.6) is 0 Å². The lowest BCUT2D eigenvalue weighted by atomic mass is 10.1. The van der Waals surface area contributed by atoms with Gasteiger partial charge in [0, 0.05) is 43.9 Å². The van der Waals surface area contributed by atoms with Gasteiger partial charge in [0.25, 0.3) is 11.5 Å². The average Bonchev–Trinajstić information content (AvgIpc) is 2.74. The lowest BCUT2D eigenvalue weighted by Gasteiger charge is -2.35. The van der Waals surface area contributed by atoms with Gasteiger partial charge in [0.15, 0.2) is 0 Å². The van der Waals surface area contributed by atoms with Gasteiger partial charge in [0.05, 0.1) is 12.0 Å². The number of amides is 1. The lowest BCUT2D eigenvalue weighted by Crippen LogP contribution is -2.49. The number of piperazine rings is 1. The van der Waals surface area contributed by atoms with Gasteiger partial charge < -0.3 is 14.8 Å². The van der Waals surface area contributed by atoms with Crippen LogP contribution in [-0.4, -0.2) is 56.9 Å². The van der Waals surface area contributed by atoms with Crippen LogP contribution in [-0.2, 0) is 0 Å². The number of aromatic amines is 1. The third-order valence-electron chi connectivity index (χ3n) is 4.51. The van der Waals surface area contributed by atoms with E-state index in [9.17, 15) is 9.59 Å². The summed E-state index contributed by atoms with van der Waals surface area (Å²) < 4.78 is 0. The molecule has 3 heterocycles. The maximum Gasteiger partial charge on any atom is 0.272 e. The molecule has 1 aromatic carbocycles. The van der Waals surface area contributed by atoms with E-state index in [4.69, 9.17) is 0 Å². The van der Waals surface area contributed by atoms with Crippen molar-refractivity contribution in [3.8, 4) is 11.3 Å². The summed E-state index contributed by atoms with van der Waals surface area (Å²) in [5.74, 6) is 0.610. The van der Waals surface area contributed by atoms with Crippen molar-refractivity contribution in [2.45, 2.75) is 0 Å². The number of H-pyrrole nitrogens is 1. The fourth-order valence-corrected chi connectivity index (χ4v) is 3.07. The second-order valence-corrected chi connectivity index (χ2v) is 6.20. The molecule has 1 saturated heterocycles. The van der Waals surface area contributed by atoms with Gasteiger partial charge in [0.2, 0.25) is 0 Å². The van der Waals surface area contributed by atoms with E-state index >= 15 is 0 Å². The van der Waals surface area contributed by atoms with E-state index in [0.717, 1.165) is 17.1 Å².